The van der Waals surface area contributed by atoms with Crippen LogP contribution in [0.1, 0.15) is 22.5 Å². The Labute approximate surface area is 153 Å². The zero-order chi connectivity index (χ0) is 18.7. The number of hydrogen-bond donors (Lipinski definition) is 1. The van der Waals surface area contributed by atoms with E-state index >= 15 is 0 Å². The number of amides is 1. The van der Waals surface area contributed by atoms with Crippen LogP contribution >= 0.6 is 11.3 Å². The molecule has 2 heterocycles. The van der Waals surface area contributed by atoms with Crippen molar-refractivity contribution in [3.05, 3.63) is 41.3 Å². The van der Waals surface area contributed by atoms with Gasteiger partial charge in [-0.2, -0.15) is 0 Å². The summed E-state index contributed by atoms with van der Waals surface area (Å²) in [5.74, 6) is -0.255. The summed E-state index contributed by atoms with van der Waals surface area (Å²) < 4.78 is 40.5. The zero-order valence-corrected chi connectivity index (χ0v) is 15.0. The third kappa shape index (κ3) is 4.56. The number of nitrogens with one attached hydrogen (secondary N) is 1. The highest BCUT2D eigenvalue weighted by atomic mass is 32.1. The Balaban J connectivity index is 1.67. The Morgan fingerprint density at radius 2 is 1.81 bits per heavy atom. The molecule has 0 saturated carbocycles. The van der Waals surface area contributed by atoms with Crippen molar-refractivity contribution in [2.24, 2.45) is 0 Å². The Morgan fingerprint density at radius 1 is 1.15 bits per heavy atom. The summed E-state index contributed by atoms with van der Waals surface area (Å²) in [7, 11) is 1.93. The van der Waals surface area contributed by atoms with Crippen LogP contribution in [0.25, 0.3) is 10.4 Å². The summed E-state index contributed by atoms with van der Waals surface area (Å²) >= 11 is 1.34. The molecule has 1 aromatic carbocycles. The van der Waals surface area contributed by atoms with Gasteiger partial charge in [0.15, 0.2) is 0 Å². The summed E-state index contributed by atoms with van der Waals surface area (Å²) in [4.78, 5) is 15.9. The molecule has 0 spiro atoms. The Bertz CT molecular complexity index is 751. The van der Waals surface area contributed by atoms with Crippen LogP contribution in [0.4, 0.5) is 13.2 Å². The minimum atomic E-state index is -4.70. The number of thiophene rings is 1. The van der Waals surface area contributed by atoms with E-state index in [0.717, 1.165) is 36.4 Å². The van der Waals surface area contributed by atoms with E-state index in [4.69, 9.17) is 0 Å². The van der Waals surface area contributed by atoms with Gasteiger partial charge >= 0.3 is 6.36 Å². The average Bonchev–Trinajstić information content (AvgIpc) is 3.10. The molecule has 0 radical (unpaired) electrons. The molecule has 1 N–H and O–H groups in total. The van der Waals surface area contributed by atoms with E-state index in [1.165, 1.54) is 23.5 Å². The van der Waals surface area contributed by atoms with E-state index in [2.05, 4.69) is 10.1 Å². The van der Waals surface area contributed by atoms with Gasteiger partial charge in [0.1, 0.15) is 5.75 Å². The van der Waals surface area contributed by atoms with E-state index in [0.29, 0.717) is 10.9 Å². The first-order chi connectivity index (χ1) is 12.4. The highest BCUT2D eigenvalue weighted by Crippen LogP contribution is 2.31. The molecule has 8 heteroatoms. The van der Waals surface area contributed by atoms with Crippen LogP contribution < -0.4 is 10.1 Å². The second-order valence-corrected chi connectivity index (χ2v) is 7.18. The fraction of sp³-hybridized carbons (Fsp3) is 0.389. The lowest BCUT2D eigenvalue weighted by Gasteiger charge is -2.31. The predicted octanol–water partition coefficient (Wildman–Crippen LogP) is 4.14. The summed E-state index contributed by atoms with van der Waals surface area (Å²) in [5, 5.41) is 3.23. The summed E-state index contributed by atoms with van der Waals surface area (Å²) in [5.41, 5.74) is 0.748. The molecule has 0 atom stereocenters. The molecule has 26 heavy (non-hydrogen) atoms. The number of benzene rings is 1. The molecule has 2 aromatic rings. The van der Waals surface area contributed by atoms with Crippen molar-refractivity contribution in [3.8, 4) is 16.2 Å². The summed E-state index contributed by atoms with van der Waals surface area (Å²) in [6.45, 7) is 1.45. The third-order valence-electron chi connectivity index (χ3n) is 4.38. The number of carbonyl (C=O) groups is 1. The van der Waals surface area contributed by atoms with Crippen molar-refractivity contribution in [1.29, 1.82) is 0 Å². The second kappa shape index (κ2) is 7.67. The molecule has 1 fully saturated rings. The molecule has 0 unspecified atom stereocenters. The van der Waals surface area contributed by atoms with E-state index in [-0.39, 0.29) is 11.7 Å². The molecule has 0 aliphatic carbocycles. The van der Waals surface area contributed by atoms with Crippen LogP contribution in [0.15, 0.2) is 36.4 Å². The SMILES string of the molecule is CNC1CCN(C(=O)c2ccc(-c3ccc(OC(F)(F)F)cc3)s2)CC1. The van der Waals surface area contributed by atoms with Crippen molar-refractivity contribution in [1.82, 2.24) is 10.2 Å². The molecule has 1 amide bonds. The lowest BCUT2D eigenvalue weighted by molar-refractivity contribution is -0.274. The van der Waals surface area contributed by atoms with Gasteiger partial charge in [-0.1, -0.05) is 0 Å². The normalized spacial score (nSPS) is 15.9. The quantitative estimate of drug-likeness (QED) is 0.862. The van der Waals surface area contributed by atoms with E-state index in [1.807, 2.05) is 18.0 Å². The number of rotatable bonds is 4. The van der Waals surface area contributed by atoms with Gasteiger partial charge in [0.2, 0.25) is 0 Å². The fourth-order valence-corrected chi connectivity index (χ4v) is 3.94. The predicted molar refractivity (Wildman–Crippen MR) is 94.4 cm³/mol. The lowest BCUT2D eigenvalue weighted by atomic mass is 10.1. The zero-order valence-electron chi connectivity index (χ0n) is 14.2. The van der Waals surface area contributed by atoms with E-state index in [1.54, 1.807) is 18.2 Å². The van der Waals surface area contributed by atoms with E-state index < -0.39 is 6.36 Å². The minimum Gasteiger partial charge on any atom is -0.406 e. The number of piperidine rings is 1. The minimum absolute atomic E-state index is 0.00725. The van der Waals surface area contributed by atoms with Crippen molar-refractivity contribution in [3.63, 3.8) is 0 Å². The number of likely N-dealkylation sites (tertiary alicyclic amines) is 1. The highest BCUT2D eigenvalue weighted by molar-refractivity contribution is 7.17. The van der Waals surface area contributed by atoms with E-state index in [9.17, 15) is 18.0 Å². The van der Waals surface area contributed by atoms with Crippen molar-refractivity contribution < 1.29 is 22.7 Å². The highest BCUT2D eigenvalue weighted by Gasteiger charge is 2.31. The lowest BCUT2D eigenvalue weighted by Crippen LogP contribution is -2.43. The largest absolute Gasteiger partial charge is 0.573 e. The molecule has 1 aliphatic heterocycles. The molecule has 1 aliphatic rings. The topological polar surface area (TPSA) is 41.6 Å². The Morgan fingerprint density at radius 3 is 2.38 bits per heavy atom. The van der Waals surface area contributed by atoms with Crippen molar-refractivity contribution in [2.75, 3.05) is 20.1 Å². The maximum Gasteiger partial charge on any atom is 0.573 e. The van der Waals surface area contributed by atoms with Crippen LogP contribution in [0.5, 0.6) is 5.75 Å². The summed E-state index contributed by atoms with van der Waals surface area (Å²) in [6.07, 6.45) is -2.84. The third-order valence-corrected chi connectivity index (χ3v) is 5.50. The van der Waals surface area contributed by atoms with Gasteiger partial charge in [0, 0.05) is 24.0 Å². The first-order valence-corrected chi connectivity index (χ1v) is 9.10. The van der Waals surface area contributed by atoms with Crippen LogP contribution in [0.3, 0.4) is 0 Å². The number of ether oxygens (including phenoxy) is 1. The Kier molecular flexibility index (Phi) is 5.52. The van der Waals surface area contributed by atoms with Gasteiger partial charge in [-0.15, -0.1) is 24.5 Å². The smallest absolute Gasteiger partial charge is 0.406 e. The van der Waals surface area contributed by atoms with Gasteiger partial charge in [-0.3, -0.25) is 4.79 Å². The van der Waals surface area contributed by atoms with Crippen molar-refractivity contribution >= 4 is 17.2 Å². The first kappa shape index (κ1) is 18.7. The first-order valence-electron chi connectivity index (χ1n) is 8.28. The van der Waals surface area contributed by atoms with Crippen LogP contribution in [0, 0.1) is 0 Å². The Hall–Kier alpha value is -2.06. The number of halogens is 3. The van der Waals surface area contributed by atoms with Gasteiger partial charge in [0.05, 0.1) is 4.88 Å². The van der Waals surface area contributed by atoms with Crippen LogP contribution in [-0.4, -0.2) is 43.3 Å². The second-order valence-electron chi connectivity index (χ2n) is 6.09. The number of nitrogens with zero attached hydrogens (tertiary/aromatic N) is 1. The molecule has 3 rings (SSSR count). The molecular weight excluding hydrogens is 365 g/mol. The van der Waals surface area contributed by atoms with Gasteiger partial charge in [0.25, 0.3) is 5.91 Å². The van der Waals surface area contributed by atoms with Gasteiger partial charge < -0.3 is 15.0 Å². The van der Waals surface area contributed by atoms with Crippen LogP contribution in [0.2, 0.25) is 0 Å². The summed E-state index contributed by atoms with van der Waals surface area (Å²) in [6, 6.07) is 9.69. The molecule has 0 bridgehead atoms. The number of alkyl halides is 3. The average molecular weight is 384 g/mol. The van der Waals surface area contributed by atoms with Gasteiger partial charge in [-0.05, 0) is 61.9 Å². The molecule has 1 saturated heterocycles. The molecule has 1 aromatic heterocycles. The number of hydrogen-bond acceptors (Lipinski definition) is 4. The molecule has 140 valence electrons. The van der Waals surface area contributed by atoms with Gasteiger partial charge in [-0.25, -0.2) is 0 Å². The molecular formula is C18H19F3N2O2S. The number of carbonyl (C=O) groups excluding carboxylic acids is 1. The maximum absolute atomic E-state index is 12.6. The standard InChI is InChI=1S/C18H19F3N2O2S/c1-22-13-8-10-23(11-9-13)17(24)16-7-6-15(26-16)12-2-4-14(5-3-12)25-18(19,20)21/h2-7,13,22H,8-11H2,1H3. The fourth-order valence-electron chi connectivity index (χ4n) is 2.96. The maximum atomic E-state index is 12.6. The molecule has 4 nitrogen and oxygen atoms in total. The monoisotopic (exact) mass is 384 g/mol. The van der Waals surface area contributed by atoms with Crippen LogP contribution in [-0.2, 0) is 0 Å². The van der Waals surface area contributed by atoms with Crippen molar-refractivity contribution in [2.45, 2.75) is 25.2 Å².